The summed E-state index contributed by atoms with van der Waals surface area (Å²) in [6.07, 6.45) is 1.67. The summed E-state index contributed by atoms with van der Waals surface area (Å²) in [5.41, 5.74) is 18.8. The molecule has 146 valence electrons. The molecule has 0 aliphatic carbocycles. The molecule has 0 atom stereocenters. The lowest BCUT2D eigenvalue weighted by Gasteiger charge is -2.31. The highest BCUT2D eigenvalue weighted by Gasteiger charge is 2.23. The van der Waals surface area contributed by atoms with Crippen molar-refractivity contribution < 1.29 is 13.6 Å². The van der Waals surface area contributed by atoms with E-state index in [9.17, 15) is 13.6 Å². The third-order valence-electron chi connectivity index (χ3n) is 5.00. The van der Waals surface area contributed by atoms with Crippen LogP contribution >= 0.6 is 11.3 Å². The van der Waals surface area contributed by atoms with Crippen LogP contribution in [-0.4, -0.2) is 30.0 Å². The highest BCUT2D eigenvalue weighted by molar-refractivity contribution is 7.21. The number of benzene rings is 1. The van der Waals surface area contributed by atoms with Gasteiger partial charge in [0.2, 0.25) is 0 Å². The number of carbonyl (C=O) groups is 1. The molecule has 28 heavy (non-hydrogen) atoms. The van der Waals surface area contributed by atoms with Crippen molar-refractivity contribution in [3.63, 3.8) is 0 Å². The molecule has 9 heteroatoms. The van der Waals surface area contributed by atoms with Crippen molar-refractivity contribution in [2.24, 2.45) is 11.5 Å². The minimum Gasteiger partial charge on any atom is -0.397 e. The smallest absolute Gasteiger partial charge is 0.260 e. The fourth-order valence-corrected chi connectivity index (χ4v) is 4.44. The number of thiophene rings is 1. The van der Waals surface area contributed by atoms with Gasteiger partial charge in [-0.25, -0.2) is 13.8 Å². The van der Waals surface area contributed by atoms with Gasteiger partial charge in [0, 0.05) is 24.5 Å². The number of piperidine rings is 1. The van der Waals surface area contributed by atoms with Gasteiger partial charge >= 0.3 is 0 Å². The number of carbonyl (C=O) groups excluding carboxylic acids is 1. The number of nitrogens with two attached hydrogens (primary N) is 3. The third kappa shape index (κ3) is 3.16. The summed E-state index contributed by atoms with van der Waals surface area (Å²) in [5.74, 6) is -1.87. The Bertz CT molecular complexity index is 1080. The first-order valence-corrected chi connectivity index (χ1v) is 9.65. The Hall–Kier alpha value is -2.78. The van der Waals surface area contributed by atoms with Crippen LogP contribution in [0, 0.1) is 11.6 Å². The van der Waals surface area contributed by atoms with E-state index >= 15 is 0 Å². The predicted octanol–water partition coefficient (Wildman–Crippen LogP) is 2.85. The zero-order valence-corrected chi connectivity index (χ0v) is 15.7. The molecule has 4 rings (SSSR count). The van der Waals surface area contributed by atoms with E-state index in [0.29, 0.717) is 27.2 Å². The minimum atomic E-state index is -0.961. The lowest BCUT2D eigenvalue weighted by atomic mass is 10.0. The van der Waals surface area contributed by atoms with Gasteiger partial charge in [-0.2, -0.15) is 0 Å². The number of halogens is 2. The molecule has 1 aromatic carbocycles. The number of primary amides is 1. The topological polar surface area (TPSA) is 111 Å². The number of rotatable bonds is 3. The van der Waals surface area contributed by atoms with Crippen LogP contribution in [0.3, 0.4) is 0 Å². The van der Waals surface area contributed by atoms with Gasteiger partial charge in [-0.1, -0.05) is 6.07 Å². The quantitative estimate of drug-likeness (QED) is 0.623. The maximum Gasteiger partial charge on any atom is 0.260 e. The molecule has 3 aromatic rings. The lowest BCUT2D eigenvalue weighted by molar-refractivity contribution is 0.100. The Morgan fingerprint density at radius 1 is 1.18 bits per heavy atom. The zero-order valence-electron chi connectivity index (χ0n) is 14.9. The Balaban J connectivity index is 1.93. The van der Waals surface area contributed by atoms with Crippen molar-refractivity contribution in [2.75, 3.05) is 23.7 Å². The van der Waals surface area contributed by atoms with Crippen molar-refractivity contribution in [2.45, 2.75) is 18.9 Å². The molecule has 2 aromatic heterocycles. The van der Waals surface area contributed by atoms with Crippen molar-refractivity contribution in [1.29, 1.82) is 0 Å². The SMILES string of the molecule is NC(=O)c1sc2nc(N3CCC(N)CC3)cc(-c3ccc(F)c(F)c3)c2c1N. The van der Waals surface area contributed by atoms with Crippen molar-refractivity contribution >= 4 is 39.0 Å². The molecular weight excluding hydrogens is 384 g/mol. The van der Waals surface area contributed by atoms with E-state index < -0.39 is 17.5 Å². The van der Waals surface area contributed by atoms with Crippen molar-refractivity contribution in [3.05, 3.63) is 40.8 Å². The van der Waals surface area contributed by atoms with E-state index in [4.69, 9.17) is 17.2 Å². The molecule has 0 spiro atoms. The average Bonchev–Trinajstić information content (AvgIpc) is 3.01. The molecule has 3 heterocycles. The van der Waals surface area contributed by atoms with Crippen LogP contribution in [0.5, 0.6) is 0 Å². The number of aromatic nitrogens is 1. The summed E-state index contributed by atoms with van der Waals surface area (Å²) >= 11 is 1.10. The first-order valence-electron chi connectivity index (χ1n) is 8.84. The zero-order chi connectivity index (χ0) is 20.0. The molecule has 1 aliphatic heterocycles. The standard InChI is InChI=1S/C19H19F2N5OS/c20-12-2-1-9(7-13(12)21)11-8-14(26-5-3-10(22)4-6-26)25-19-15(11)16(23)17(28-19)18(24)27/h1-2,7-8,10H,3-6,22-23H2,(H2,24,27). The first-order chi connectivity index (χ1) is 13.3. The number of nitrogens with zero attached hydrogens (tertiary/aromatic N) is 2. The normalized spacial score (nSPS) is 15.3. The predicted molar refractivity (Wildman–Crippen MR) is 107 cm³/mol. The van der Waals surface area contributed by atoms with E-state index in [1.54, 1.807) is 6.07 Å². The monoisotopic (exact) mass is 403 g/mol. The van der Waals surface area contributed by atoms with Crippen LogP contribution in [-0.2, 0) is 0 Å². The number of hydrogen-bond donors (Lipinski definition) is 3. The van der Waals surface area contributed by atoms with E-state index in [-0.39, 0.29) is 16.6 Å². The van der Waals surface area contributed by atoms with Gasteiger partial charge in [-0.05, 0) is 42.2 Å². The van der Waals surface area contributed by atoms with Gasteiger partial charge in [-0.15, -0.1) is 11.3 Å². The number of pyridine rings is 1. The molecule has 6 nitrogen and oxygen atoms in total. The largest absolute Gasteiger partial charge is 0.397 e. The second-order valence-electron chi connectivity index (χ2n) is 6.87. The number of amides is 1. The van der Waals surface area contributed by atoms with Gasteiger partial charge in [0.15, 0.2) is 11.6 Å². The van der Waals surface area contributed by atoms with Crippen LogP contribution in [0.25, 0.3) is 21.3 Å². The summed E-state index contributed by atoms with van der Waals surface area (Å²) in [7, 11) is 0. The summed E-state index contributed by atoms with van der Waals surface area (Å²) in [5, 5.41) is 0.516. The fraction of sp³-hybridized carbons (Fsp3) is 0.263. The number of hydrogen-bond acceptors (Lipinski definition) is 6. The molecule has 1 amide bonds. The maximum absolute atomic E-state index is 13.9. The minimum absolute atomic E-state index is 0.157. The number of anilines is 2. The summed E-state index contributed by atoms with van der Waals surface area (Å²) in [6.45, 7) is 1.47. The Kier molecular flexibility index (Phi) is 4.64. The number of fused-ring (bicyclic) bond motifs is 1. The number of nitrogen functional groups attached to an aromatic ring is 1. The highest BCUT2D eigenvalue weighted by atomic mass is 32.1. The average molecular weight is 403 g/mol. The summed E-state index contributed by atoms with van der Waals surface area (Å²) in [4.78, 5) is 19.2. The van der Waals surface area contributed by atoms with E-state index in [2.05, 4.69) is 9.88 Å². The molecule has 0 bridgehead atoms. The van der Waals surface area contributed by atoms with Crippen LogP contribution < -0.4 is 22.1 Å². The van der Waals surface area contributed by atoms with Gasteiger partial charge in [0.05, 0.1) is 5.69 Å². The molecule has 1 saturated heterocycles. The molecule has 6 N–H and O–H groups in total. The van der Waals surface area contributed by atoms with Crippen LogP contribution in [0.15, 0.2) is 24.3 Å². The third-order valence-corrected chi connectivity index (χ3v) is 6.12. The molecule has 0 saturated carbocycles. The lowest BCUT2D eigenvalue weighted by Crippen LogP contribution is -2.40. The molecule has 1 fully saturated rings. The Morgan fingerprint density at radius 3 is 2.54 bits per heavy atom. The molecule has 0 radical (unpaired) electrons. The van der Waals surface area contributed by atoms with E-state index in [1.165, 1.54) is 6.07 Å². The Morgan fingerprint density at radius 2 is 1.89 bits per heavy atom. The van der Waals surface area contributed by atoms with Gasteiger partial charge in [0.1, 0.15) is 15.5 Å². The van der Waals surface area contributed by atoms with Gasteiger partial charge in [-0.3, -0.25) is 4.79 Å². The van der Waals surface area contributed by atoms with Crippen molar-refractivity contribution in [1.82, 2.24) is 4.98 Å². The Labute approximate surface area is 163 Å². The van der Waals surface area contributed by atoms with E-state index in [1.807, 2.05) is 0 Å². The second-order valence-corrected chi connectivity index (χ2v) is 7.87. The highest BCUT2D eigenvalue weighted by Crippen LogP contribution is 2.41. The van der Waals surface area contributed by atoms with Crippen molar-refractivity contribution in [3.8, 4) is 11.1 Å². The van der Waals surface area contributed by atoms with Gasteiger partial charge in [0.25, 0.3) is 5.91 Å². The van der Waals surface area contributed by atoms with Crippen LogP contribution in [0.1, 0.15) is 22.5 Å². The summed E-state index contributed by atoms with van der Waals surface area (Å²) < 4.78 is 27.3. The summed E-state index contributed by atoms with van der Waals surface area (Å²) in [6, 6.07) is 5.60. The molecule has 0 unspecified atom stereocenters. The maximum atomic E-state index is 13.9. The fourth-order valence-electron chi connectivity index (χ4n) is 3.47. The molecular formula is C19H19F2N5OS. The van der Waals surface area contributed by atoms with Crippen LogP contribution in [0.4, 0.5) is 20.3 Å². The van der Waals surface area contributed by atoms with E-state index in [0.717, 1.165) is 49.4 Å². The first kappa shape index (κ1) is 18.6. The van der Waals surface area contributed by atoms with Gasteiger partial charge < -0.3 is 22.1 Å². The molecule has 1 aliphatic rings. The van der Waals surface area contributed by atoms with Crippen LogP contribution in [0.2, 0.25) is 0 Å². The second kappa shape index (κ2) is 6.99.